The maximum Gasteiger partial charge on any atom is 0.106 e. The van der Waals surface area contributed by atoms with Gasteiger partial charge in [-0.2, -0.15) is 0 Å². The minimum atomic E-state index is 0.730. The molecule has 0 bridgehead atoms. The van der Waals surface area contributed by atoms with Crippen molar-refractivity contribution >= 4 is 11.3 Å². The molecule has 0 aliphatic rings. The molecule has 0 unspecified atom stereocenters. The highest BCUT2D eigenvalue weighted by Gasteiger charge is 1.95. The minimum absolute atomic E-state index is 0.730. The molecule has 0 saturated carbocycles. The summed E-state index contributed by atoms with van der Waals surface area (Å²) in [7, 11) is 0. The predicted molar refractivity (Wildman–Crippen MR) is 64.1 cm³/mol. The van der Waals surface area contributed by atoms with Gasteiger partial charge in [0.05, 0.1) is 6.61 Å². The van der Waals surface area contributed by atoms with E-state index in [1.54, 1.807) is 11.3 Å². The molecule has 0 aliphatic heterocycles. The predicted octanol–water partition coefficient (Wildman–Crippen LogP) is 2.30. The fourth-order valence-electron chi connectivity index (χ4n) is 1.10. The number of aromatic nitrogens is 1. The van der Waals surface area contributed by atoms with Crippen molar-refractivity contribution in [2.45, 2.75) is 26.8 Å². The highest BCUT2D eigenvalue weighted by Crippen LogP contribution is 2.02. The Morgan fingerprint density at radius 2 is 2.33 bits per heavy atom. The molecule has 0 spiro atoms. The number of thiazole rings is 1. The Bertz CT molecular complexity index is 237. The van der Waals surface area contributed by atoms with E-state index in [0.29, 0.717) is 0 Å². The molecule has 15 heavy (non-hydrogen) atoms. The van der Waals surface area contributed by atoms with Gasteiger partial charge in [-0.1, -0.05) is 13.8 Å². The molecule has 86 valence electrons. The highest BCUT2D eigenvalue weighted by atomic mass is 32.1. The first-order chi connectivity index (χ1) is 7.29. The summed E-state index contributed by atoms with van der Waals surface area (Å²) in [5.41, 5.74) is 0. The van der Waals surface area contributed by atoms with Crippen molar-refractivity contribution in [3.63, 3.8) is 0 Å². The highest BCUT2D eigenvalue weighted by molar-refractivity contribution is 7.09. The summed E-state index contributed by atoms with van der Waals surface area (Å²) in [6, 6.07) is 0. The molecule has 0 amide bonds. The van der Waals surface area contributed by atoms with E-state index < -0.39 is 0 Å². The Hall–Kier alpha value is -0.450. The Kier molecular flexibility index (Phi) is 6.55. The summed E-state index contributed by atoms with van der Waals surface area (Å²) in [5, 5.41) is 6.43. The van der Waals surface area contributed by atoms with Crippen LogP contribution in [-0.2, 0) is 11.3 Å². The Labute approximate surface area is 95.9 Å². The van der Waals surface area contributed by atoms with Crippen LogP contribution in [0.4, 0.5) is 0 Å². The van der Waals surface area contributed by atoms with Gasteiger partial charge in [0.15, 0.2) is 0 Å². The molecule has 0 saturated heterocycles. The topological polar surface area (TPSA) is 34.1 Å². The number of nitrogens with one attached hydrogen (secondary N) is 1. The lowest BCUT2D eigenvalue weighted by Crippen LogP contribution is -2.19. The average molecular weight is 228 g/mol. The molecule has 0 aromatic carbocycles. The van der Waals surface area contributed by atoms with Gasteiger partial charge >= 0.3 is 0 Å². The number of nitrogens with zero attached hydrogens (tertiary/aromatic N) is 1. The van der Waals surface area contributed by atoms with Crippen LogP contribution in [0.2, 0.25) is 0 Å². The zero-order valence-corrected chi connectivity index (χ0v) is 10.3. The molecule has 1 aromatic rings. The van der Waals surface area contributed by atoms with Crippen molar-refractivity contribution in [2.75, 3.05) is 19.8 Å². The first kappa shape index (κ1) is 12.6. The van der Waals surface area contributed by atoms with E-state index in [4.69, 9.17) is 4.74 Å². The minimum Gasteiger partial charge on any atom is -0.380 e. The first-order valence-electron chi connectivity index (χ1n) is 5.46. The summed E-state index contributed by atoms with van der Waals surface area (Å²) in [6.45, 7) is 7.84. The van der Waals surface area contributed by atoms with E-state index in [-0.39, 0.29) is 0 Å². The molecular formula is C11H20N2OS. The lowest BCUT2D eigenvalue weighted by Gasteiger charge is -2.06. The number of hydrogen-bond donors (Lipinski definition) is 1. The largest absolute Gasteiger partial charge is 0.380 e. The van der Waals surface area contributed by atoms with Crippen molar-refractivity contribution < 1.29 is 4.74 Å². The van der Waals surface area contributed by atoms with Crippen molar-refractivity contribution in [3.05, 3.63) is 16.6 Å². The van der Waals surface area contributed by atoms with E-state index >= 15 is 0 Å². The van der Waals surface area contributed by atoms with Gasteiger partial charge < -0.3 is 10.1 Å². The van der Waals surface area contributed by atoms with E-state index in [1.165, 1.54) is 0 Å². The zero-order chi connectivity index (χ0) is 10.9. The Morgan fingerprint density at radius 3 is 3.00 bits per heavy atom. The van der Waals surface area contributed by atoms with Crippen LogP contribution in [0.1, 0.15) is 25.3 Å². The second-order valence-corrected chi connectivity index (χ2v) is 4.88. The normalized spacial score (nSPS) is 11.1. The fourth-order valence-corrected chi connectivity index (χ4v) is 1.69. The van der Waals surface area contributed by atoms with Crippen LogP contribution in [0, 0.1) is 5.92 Å². The maximum atomic E-state index is 5.48. The molecule has 1 rings (SSSR count). The second-order valence-electron chi connectivity index (χ2n) is 3.90. The number of hydrogen-bond acceptors (Lipinski definition) is 4. The van der Waals surface area contributed by atoms with Gasteiger partial charge in [-0.05, 0) is 12.3 Å². The van der Waals surface area contributed by atoms with Crippen LogP contribution in [-0.4, -0.2) is 24.7 Å². The van der Waals surface area contributed by atoms with Crippen molar-refractivity contribution in [3.8, 4) is 0 Å². The SMILES string of the molecule is CC(C)CCOCCNCc1nccs1. The standard InChI is InChI=1S/C11H20N2OS/c1-10(2)3-6-14-7-4-12-9-11-13-5-8-15-11/h5,8,10,12H,3-4,6-7,9H2,1-2H3. The van der Waals surface area contributed by atoms with Gasteiger partial charge in [0.25, 0.3) is 0 Å². The fraction of sp³-hybridized carbons (Fsp3) is 0.727. The van der Waals surface area contributed by atoms with Crippen LogP contribution < -0.4 is 5.32 Å². The molecule has 4 heteroatoms. The van der Waals surface area contributed by atoms with Crippen molar-refractivity contribution in [1.29, 1.82) is 0 Å². The summed E-state index contributed by atoms with van der Waals surface area (Å²) in [5.74, 6) is 0.730. The average Bonchev–Trinajstić information content (AvgIpc) is 2.68. The molecule has 0 fully saturated rings. The van der Waals surface area contributed by atoms with Gasteiger partial charge in [-0.3, -0.25) is 0 Å². The van der Waals surface area contributed by atoms with E-state index in [0.717, 1.165) is 43.6 Å². The third kappa shape index (κ3) is 6.60. The van der Waals surface area contributed by atoms with Crippen LogP contribution in [0.5, 0.6) is 0 Å². The van der Waals surface area contributed by atoms with Crippen molar-refractivity contribution in [2.24, 2.45) is 5.92 Å². The summed E-state index contributed by atoms with van der Waals surface area (Å²) >= 11 is 1.68. The van der Waals surface area contributed by atoms with Gasteiger partial charge in [0.2, 0.25) is 0 Å². The van der Waals surface area contributed by atoms with Gasteiger partial charge in [0, 0.05) is 31.3 Å². The molecule has 0 radical (unpaired) electrons. The Balaban J connectivity index is 1.85. The molecule has 1 heterocycles. The lowest BCUT2D eigenvalue weighted by molar-refractivity contribution is 0.125. The van der Waals surface area contributed by atoms with E-state index in [1.807, 2.05) is 11.6 Å². The third-order valence-corrected chi connectivity index (χ3v) is 2.80. The third-order valence-electron chi connectivity index (χ3n) is 2.02. The van der Waals surface area contributed by atoms with Gasteiger partial charge in [-0.25, -0.2) is 4.98 Å². The number of rotatable bonds is 8. The van der Waals surface area contributed by atoms with Crippen molar-refractivity contribution in [1.82, 2.24) is 10.3 Å². The number of ether oxygens (including phenoxy) is 1. The summed E-state index contributed by atoms with van der Waals surface area (Å²) < 4.78 is 5.48. The van der Waals surface area contributed by atoms with Gasteiger partial charge in [-0.15, -0.1) is 11.3 Å². The molecule has 1 N–H and O–H groups in total. The lowest BCUT2D eigenvalue weighted by atomic mass is 10.1. The van der Waals surface area contributed by atoms with E-state index in [2.05, 4.69) is 24.1 Å². The molecule has 3 nitrogen and oxygen atoms in total. The van der Waals surface area contributed by atoms with E-state index in [9.17, 15) is 0 Å². The van der Waals surface area contributed by atoms with Crippen LogP contribution in [0.25, 0.3) is 0 Å². The van der Waals surface area contributed by atoms with Crippen LogP contribution in [0.15, 0.2) is 11.6 Å². The first-order valence-corrected chi connectivity index (χ1v) is 6.34. The second kappa shape index (κ2) is 7.79. The molecule has 0 aliphatic carbocycles. The molecule has 1 aromatic heterocycles. The smallest absolute Gasteiger partial charge is 0.106 e. The molecule has 0 atom stereocenters. The van der Waals surface area contributed by atoms with Gasteiger partial charge in [0.1, 0.15) is 5.01 Å². The quantitative estimate of drug-likeness (QED) is 0.693. The Morgan fingerprint density at radius 1 is 1.47 bits per heavy atom. The monoisotopic (exact) mass is 228 g/mol. The maximum absolute atomic E-state index is 5.48. The molecular weight excluding hydrogens is 208 g/mol. The zero-order valence-electron chi connectivity index (χ0n) is 9.53. The summed E-state index contributed by atoms with van der Waals surface area (Å²) in [4.78, 5) is 4.19. The van der Waals surface area contributed by atoms with Crippen LogP contribution in [0.3, 0.4) is 0 Å². The summed E-state index contributed by atoms with van der Waals surface area (Å²) in [6.07, 6.45) is 2.98. The van der Waals surface area contributed by atoms with Crippen LogP contribution >= 0.6 is 11.3 Å².